The lowest BCUT2D eigenvalue weighted by Gasteiger charge is -2.14. The van der Waals surface area contributed by atoms with Crippen LogP contribution in [0.5, 0.6) is 5.75 Å². The first-order chi connectivity index (χ1) is 13.5. The zero-order chi connectivity index (χ0) is 19.7. The number of fused-ring (bicyclic) bond motifs is 1. The molecule has 0 saturated heterocycles. The first-order valence-electron chi connectivity index (χ1n) is 8.57. The minimum absolute atomic E-state index is 0.196. The molecular weight excluding hydrogens is 358 g/mol. The van der Waals surface area contributed by atoms with E-state index in [-0.39, 0.29) is 24.0 Å². The Bertz CT molecular complexity index is 1050. The van der Waals surface area contributed by atoms with Crippen LogP contribution in [-0.2, 0) is 6.61 Å². The van der Waals surface area contributed by atoms with Gasteiger partial charge >= 0.3 is 5.97 Å². The van der Waals surface area contributed by atoms with Crippen LogP contribution in [0.3, 0.4) is 0 Å². The second-order valence-electron chi connectivity index (χ2n) is 6.28. The van der Waals surface area contributed by atoms with Crippen molar-refractivity contribution in [2.75, 3.05) is 4.90 Å². The molecule has 0 unspecified atom stereocenters. The number of carboxylic acid groups (broad SMARTS) is 1. The lowest BCUT2D eigenvalue weighted by atomic mass is 10.1. The van der Waals surface area contributed by atoms with E-state index in [1.54, 1.807) is 66.7 Å². The number of carbonyl (C=O) groups excluding carboxylic acids is 2. The Morgan fingerprint density at radius 2 is 1.50 bits per heavy atom. The van der Waals surface area contributed by atoms with Gasteiger partial charge in [-0.15, -0.1) is 0 Å². The molecule has 3 aromatic carbocycles. The fourth-order valence-electron chi connectivity index (χ4n) is 3.08. The van der Waals surface area contributed by atoms with Crippen molar-refractivity contribution < 1.29 is 24.2 Å². The fourth-order valence-corrected chi connectivity index (χ4v) is 3.08. The molecule has 28 heavy (non-hydrogen) atoms. The van der Waals surface area contributed by atoms with Gasteiger partial charge in [-0.2, -0.15) is 0 Å². The lowest BCUT2D eigenvalue weighted by Crippen LogP contribution is -2.29. The highest BCUT2D eigenvalue weighted by molar-refractivity contribution is 6.34. The van der Waals surface area contributed by atoms with Crippen molar-refractivity contribution >= 4 is 23.5 Å². The van der Waals surface area contributed by atoms with Crippen LogP contribution >= 0.6 is 0 Å². The van der Waals surface area contributed by atoms with Gasteiger partial charge in [-0.1, -0.05) is 24.3 Å². The molecule has 1 N–H and O–H groups in total. The highest BCUT2D eigenvalue weighted by Crippen LogP contribution is 2.29. The summed E-state index contributed by atoms with van der Waals surface area (Å²) in [6.07, 6.45) is 0. The highest BCUT2D eigenvalue weighted by Gasteiger charge is 2.36. The van der Waals surface area contributed by atoms with Gasteiger partial charge in [-0.25, -0.2) is 9.69 Å². The zero-order valence-electron chi connectivity index (χ0n) is 14.7. The van der Waals surface area contributed by atoms with Crippen LogP contribution in [-0.4, -0.2) is 22.9 Å². The van der Waals surface area contributed by atoms with Crippen LogP contribution in [0.4, 0.5) is 5.69 Å². The number of benzene rings is 3. The van der Waals surface area contributed by atoms with Gasteiger partial charge < -0.3 is 9.84 Å². The predicted octanol–water partition coefficient (Wildman–Crippen LogP) is 3.76. The van der Waals surface area contributed by atoms with E-state index in [1.165, 1.54) is 6.07 Å². The minimum atomic E-state index is -0.993. The van der Waals surface area contributed by atoms with Gasteiger partial charge in [0.25, 0.3) is 11.8 Å². The highest BCUT2D eigenvalue weighted by atomic mass is 16.5. The maximum atomic E-state index is 12.5. The Balaban J connectivity index is 1.48. The predicted molar refractivity (Wildman–Crippen MR) is 102 cm³/mol. The van der Waals surface area contributed by atoms with Gasteiger partial charge in [0.1, 0.15) is 12.4 Å². The molecule has 138 valence electrons. The molecule has 0 radical (unpaired) electrons. The van der Waals surface area contributed by atoms with Crippen molar-refractivity contribution in [2.24, 2.45) is 0 Å². The molecule has 0 atom stereocenters. The number of nitrogens with zero attached hydrogens (tertiary/aromatic N) is 1. The maximum absolute atomic E-state index is 12.5. The standard InChI is InChI=1S/C22H15NO5/c24-20-18-6-1-2-7-19(18)21(25)23(20)16-8-10-17(11-9-16)28-13-14-4-3-5-15(12-14)22(26)27/h1-12H,13H2,(H,26,27). The second-order valence-corrected chi connectivity index (χ2v) is 6.28. The van der Waals surface area contributed by atoms with E-state index in [4.69, 9.17) is 9.84 Å². The molecule has 1 heterocycles. The summed E-state index contributed by atoms with van der Waals surface area (Å²) in [5.41, 5.74) is 2.18. The van der Waals surface area contributed by atoms with E-state index in [0.29, 0.717) is 22.6 Å². The summed E-state index contributed by atoms with van der Waals surface area (Å²) in [4.78, 5) is 37.2. The summed E-state index contributed by atoms with van der Waals surface area (Å²) >= 11 is 0. The lowest BCUT2D eigenvalue weighted by molar-refractivity contribution is 0.0696. The van der Waals surface area contributed by atoms with Crippen LogP contribution in [0.25, 0.3) is 0 Å². The number of carboxylic acids is 1. The number of amides is 2. The Morgan fingerprint density at radius 1 is 0.857 bits per heavy atom. The number of hydrogen-bond donors (Lipinski definition) is 1. The average molecular weight is 373 g/mol. The minimum Gasteiger partial charge on any atom is -0.489 e. The third-order valence-electron chi connectivity index (χ3n) is 4.47. The van der Waals surface area contributed by atoms with Crippen molar-refractivity contribution in [2.45, 2.75) is 6.61 Å². The summed E-state index contributed by atoms with van der Waals surface area (Å²) in [5.74, 6) is -1.15. The first-order valence-corrected chi connectivity index (χ1v) is 8.57. The van der Waals surface area contributed by atoms with E-state index in [2.05, 4.69) is 0 Å². The maximum Gasteiger partial charge on any atom is 0.335 e. The number of anilines is 1. The number of aromatic carboxylic acids is 1. The molecule has 4 rings (SSSR count). The number of rotatable bonds is 5. The van der Waals surface area contributed by atoms with Crippen LogP contribution in [0, 0.1) is 0 Å². The summed E-state index contributed by atoms with van der Waals surface area (Å²) < 4.78 is 5.68. The molecule has 6 heteroatoms. The summed E-state index contributed by atoms with van der Waals surface area (Å²) in [7, 11) is 0. The Morgan fingerprint density at radius 3 is 2.11 bits per heavy atom. The third kappa shape index (κ3) is 3.12. The van der Waals surface area contributed by atoms with Crippen molar-refractivity contribution in [3.8, 4) is 5.75 Å². The fraction of sp³-hybridized carbons (Fsp3) is 0.0455. The van der Waals surface area contributed by atoms with Gasteiger partial charge in [0.05, 0.1) is 22.4 Å². The van der Waals surface area contributed by atoms with Crippen molar-refractivity contribution in [1.82, 2.24) is 0 Å². The Labute approximate surface area is 160 Å². The largest absolute Gasteiger partial charge is 0.489 e. The molecule has 1 aliphatic rings. The van der Waals surface area contributed by atoms with Crippen LogP contribution in [0.1, 0.15) is 36.6 Å². The quantitative estimate of drug-likeness (QED) is 0.689. The first kappa shape index (κ1) is 17.5. The number of carbonyl (C=O) groups is 3. The summed E-state index contributed by atoms with van der Waals surface area (Å²) in [6.45, 7) is 0.202. The van der Waals surface area contributed by atoms with Gasteiger partial charge in [0, 0.05) is 0 Å². The van der Waals surface area contributed by atoms with Gasteiger partial charge in [0.2, 0.25) is 0 Å². The van der Waals surface area contributed by atoms with Crippen LogP contribution in [0.15, 0.2) is 72.8 Å². The molecule has 0 saturated carbocycles. The molecule has 3 aromatic rings. The average Bonchev–Trinajstić information content (AvgIpc) is 2.98. The van der Waals surface area contributed by atoms with Crippen molar-refractivity contribution in [1.29, 1.82) is 0 Å². The molecule has 0 bridgehead atoms. The molecule has 0 aromatic heterocycles. The van der Waals surface area contributed by atoms with Crippen LogP contribution in [0.2, 0.25) is 0 Å². The molecule has 0 fully saturated rings. The third-order valence-corrected chi connectivity index (χ3v) is 4.47. The molecule has 0 aliphatic carbocycles. The number of imide groups is 1. The van der Waals surface area contributed by atoms with E-state index in [9.17, 15) is 14.4 Å². The van der Waals surface area contributed by atoms with E-state index in [1.807, 2.05) is 0 Å². The Kier molecular flexibility index (Phi) is 4.37. The van der Waals surface area contributed by atoms with Crippen molar-refractivity contribution in [3.05, 3.63) is 95.1 Å². The van der Waals surface area contributed by atoms with Gasteiger partial charge in [0.15, 0.2) is 0 Å². The second kappa shape index (κ2) is 7.00. The molecule has 2 amide bonds. The molecule has 0 spiro atoms. The monoisotopic (exact) mass is 373 g/mol. The van der Waals surface area contributed by atoms with E-state index in [0.717, 1.165) is 10.5 Å². The Hall–Kier alpha value is -3.93. The topological polar surface area (TPSA) is 83.9 Å². The number of hydrogen-bond acceptors (Lipinski definition) is 4. The summed E-state index contributed by atoms with van der Waals surface area (Å²) in [6, 6.07) is 19.9. The van der Waals surface area contributed by atoms with Crippen molar-refractivity contribution in [3.63, 3.8) is 0 Å². The molecule has 1 aliphatic heterocycles. The smallest absolute Gasteiger partial charge is 0.335 e. The van der Waals surface area contributed by atoms with Gasteiger partial charge in [-0.3, -0.25) is 9.59 Å². The number of ether oxygens (including phenoxy) is 1. The van der Waals surface area contributed by atoms with E-state index < -0.39 is 5.97 Å². The molecule has 6 nitrogen and oxygen atoms in total. The van der Waals surface area contributed by atoms with Gasteiger partial charge in [-0.05, 0) is 54.1 Å². The SMILES string of the molecule is O=C(O)c1cccc(COc2ccc(N3C(=O)c4ccccc4C3=O)cc2)c1. The zero-order valence-corrected chi connectivity index (χ0v) is 14.7. The van der Waals surface area contributed by atoms with Crippen LogP contribution < -0.4 is 9.64 Å². The normalized spacial score (nSPS) is 12.8. The molecular formula is C22H15NO5. The summed E-state index contributed by atoms with van der Waals surface area (Å²) in [5, 5.41) is 9.04. The van der Waals surface area contributed by atoms with E-state index >= 15 is 0 Å².